The highest BCUT2D eigenvalue weighted by molar-refractivity contribution is 5.98. The largest absolute Gasteiger partial charge is 0.367 e. The van der Waals surface area contributed by atoms with Gasteiger partial charge in [-0.25, -0.2) is 15.0 Å². The number of hydrogen-bond donors (Lipinski definition) is 2. The second-order valence-electron chi connectivity index (χ2n) is 7.28. The lowest BCUT2D eigenvalue weighted by molar-refractivity contribution is 0.264. The summed E-state index contributed by atoms with van der Waals surface area (Å²) in [6.07, 6.45) is 7.74. The van der Waals surface area contributed by atoms with Crippen LogP contribution in [0.3, 0.4) is 0 Å². The summed E-state index contributed by atoms with van der Waals surface area (Å²) in [5.41, 5.74) is 4.15. The molecule has 1 aliphatic rings. The fourth-order valence-electron chi connectivity index (χ4n) is 3.88. The molecule has 0 amide bonds. The van der Waals surface area contributed by atoms with Gasteiger partial charge in [0, 0.05) is 34.8 Å². The Morgan fingerprint density at radius 3 is 2.85 bits per heavy atom. The van der Waals surface area contributed by atoms with Gasteiger partial charge in [-0.3, -0.25) is 0 Å². The van der Waals surface area contributed by atoms with Crippen molar-refractivity contribution >= 4 is 27.8 Å². The van der Waals surface area contributed by atoms with Crippen LogP contribution in [0, 0.1) is 0 Å². The molecule has 0 unspecified atom stereocenters. The molecule has 1 fully saturated rings. The Labute approximate surface area is 157 Å². The molecule has 3 aromatic heterocycles. The van der Waals surface area contributed by atoms with Gasteiger partial charge < -0.3 is 15.2 Å². The van der Waals surface area contributed by atoms with Crippen LogP contribution >= 0.6 is 0 Å². The number of aromatic amines is 1. The number of hydrogen-bond acceptors (Lipinski definition) is 5. The summed E-state index contributed by atoms with van der Waals surface area (Å²) >= 11 is 0. The van der Waals surface area contributed by atoms with Crippen molar-refractivity contribution in [3.63, 3.8) is 0 Å². The van der Waals surface area contributed by atoms with Crippen molar-refractivity contribution in [1.29, 1.82) is 0 Å². The number of nitrogens with one attached hydrogen (secondary N) is 2. The van der Waals surface area contributed by atoms with E-state index in [0.717, 1.165) is 64.8 Å². The van der Waals surface area contributed by atoms with Crippen LogP contribution in [0.25, 0.3) is 33.1 Å². The molecule has 0 atom stereocenters. The van der Waals surface area contributed by atoms with E-state index in [0.29, 0.717) is 6.04 Å². The van der Waals surface area contributed by atoms with Crippen molar-refractivity contribution in [3.05, 3.63) is 49.1 Å². The zero-order chi connectivity index (χ0) is 18.2. The molecular weight excluding hydrogens is 336 g/mol. The van der Waals surface area contributed by atoms with Crippen LogP contribution in [0.1, 0.15) is 12.8 Å². The first-order valence-corrected chi connectivity index (χ1v) is 9.40. The Hall–Kier alpha value is -2.99. The number of likely N-dealkylation sites (tertiary alicyclic amines) is 1. The van der Waals surface area contributed by atoms with Gasteiger partial charge in [-0.05, 0) is 62.8 Å². The quantitative estimate of drug-likeness (QED) is 0.585. The summed E-state index contributed by atoms with van der Waals surface area (Å²) in [6, 6.07) is 10.9. The van der Waals surface area contributed by atoms with Crippen molar-refractivity contribution in [2.45, 2.75) is 18.9 Å². The standard InChI is InChI=1S/C21H22N6/c1-27-9-6-15(7-10-27)26-21-17-11-14(4-5-19(17)24-13-25-21)18-12-23-20-16(18)3-2-8-22-20/h2-5,8,11-13,15H,6-7,9-10H2,1H3,(H,22,23)(H,24,25,26). The topological polar surface area (TPSA) is 69.7 Å². The van der Waals surface area contributed by atoms with Gasteiger partial charge in [-0.15, -0.1) is 0 Å². The lowest BCUT2D eigenvalue weighted by Gasteiger charge is -2.30. The summed E-state index contributed by atoms with van der Waals surface area (Å²) < 4.78 is 0. The van der Waals surface area contributed by atoms with E-state index < -0.39 is 0 Å². The first-order chi connectivity index (χ1) is 13.3. The van der Waals surface area contributed by atoms with Crippen molar-refractivity contribution in [2.75, 3.05) is 25.5 Å². The highest BCUT2D eigenvalue weighted by atomic mass is 15.1. The maximum Gasteiger partial charge on any atom is 0.137 e. The number of rotatable bonds is 3. The number of anilines is 1. The molecule has 0 bridgehead atoms. The predicted molar refractivity (Wildman–Crippen MR) is 109 cm³/mol. The van der Waals surface area contributed by atoms with Gasteiger partial charge in [0.1, 0.15) is 17.8 Å². The molecule has 0 spiro atoms. The average molecular weight is 358 g/mol. The fourth-order valence-corrected chi connectivity index (χ4v) is 3.88. The number of piperidine rings is 1. The van der Waals surface area contributed by atoms with E-state index in [1.54, 1.807) is 12.5 Å². The molecule has 1 aliphatic heterocycles. The molecule has 2 N–H and O–H groups in total. The summed E-state index contributed by atoms with van der Waals surface area (Å²) in [6.45, 7) is 2.24. The van der Waals surface area contributed by atoms with Crippen LogP contribution in [0.2, 0.25) is 0 Å². The third-order valence-corrected chi connectivity index (χ3v) is 5.46. The van der Waals surface area contributed by atoms with Gasteiger partial charge in [-0.1, -0.05) is 6.07 Å². The summed E-state index contributed by atoms with van der Waals surface area (Å²) in [7, 11) is 2.18. The lowest BCUT2D eigenvalue weighted by Crippen LogP contribution is -2.36. The van der Waals surface area contributed by atoms with E-state index in [9.17, 15) is 0 Å². The number of pyridine rings is 1. The average Bonchev–Trinajstić information content (AvgIpc) is 3.14. The minimum Gasteiger partial charge on any atom is -0.367 e. The van der Waals surface area contributed by atoms with Gasteiger partial charge in [0.05, 0.1) is 5.52 Å². The van der Waals surface area contributed by atoms with E-state index in [-0.39, 0.29) is 0 Å². The maximum atomic E-state index is 4.55. The zero-order valence-electron chi connectivity index (χ0n) is 15.3. The minimum absolute atomic E-state index is 0.459. The molecule has 27 heavy (non-hydrogen) atoms. The maximum absolute atomic E-state index is 4.55. The van der Waals surface area contributed by atoms with Crippen LogP contribution in [-0.4, -0.2) is 51.0 Å². The van der Waals surface area contributed by atoms with Gasteiger partial charge in [0.25, 0.3) is 0 Å². The Morgan fingerprint density at radius 1 is 1.07 bits per heavy atom. The molecule has 136 valence electrons. The van der Waals surface area contributed by atoms with Gasteiger partial charge >= 0.3 is 0 Å². The van der Waals surface area contributed by atoms with Crippen molar-refractivity contribution in [2.24, 2.45) is 0 Å². The number of H-pyrrole nitrogens is 1. The summed E-state index contributed by atoms with van der Waals surface area (Å²) in [4.78, 5) is 19.0. The highest BCUT2D eigenvalue weighted by Gasteiger charge is 2.18. The monoisotopic (exact) mass is 358 g/mol. The van der Waals surface area contributed by atoms with Crippen LogP contribution < -0.4 is 5.32 Å². The predicted octanol–water partition coefficient (Wildman–Crippen LogP) is 3.68. The first kappa shape index (κ1) is 16.2. The number of aromatic nitrogens is 4. The van der Waals surface area contributed by atoms with Crippen LogP contribution in [0.5, 0.6) is 0 Å². The van der Waals surface area contributed by atoms with Crippen molar-refractivity contribution in [1.82, 2.24) is 24.8 Å². The molecule has 0 radical (unpaired) electrons. The van der Waals surface area contributed by atoms with Crippen LogP contribution in [0.15, 0.2) is 49.1 Å². The number of fused-ring (bicyclic) bond motifs is 2. The van der Waals surface area contributed by atoms with Gasteiger partial charge in [0.2, 0.25) is 0 Å². The number of benzene rings is 1. The molecule has 0 aliphatic carbocycles. The summed E-state index contributed by atoms with van der Waals surface area (Å²) in [5.74, 6) is 0.925. The second kappa shape index (κ2) is 6.63. The molecule has 4 aromatic rings. The molecular formula is C21H22N6. The first-order valence-electron chi connectivity index (χ1n) is 9.40. The Morgan fingerprint density at radius 2 is 1.96 bits per heavy atom. The van der Waals surface area contributed by atoms with E-state index in [4.69, 9.17) is 0 Å². The zero-order valence-corrected chi connectivity index (χ0v) is 15.3. The lowest BCUT2D eigenvalue weighted by atomic mass is 10.0. The Kier molecular flexibility index (Phi) is 3.98. The van der Waals surface area contributed by atoms with Crippen LogP contribution in [0.4, 0.5) is 5.82 Å². The normalized spacial score (nSPS) is 16.2. The molecule has 4 heterocycles. The molecule has 0 saturated carbocycles. The van der Waals surface area contributed by atoms with E-state index in [1.807, 2.05) is 12.3 Å². The Balaban J connectivity index is 1.54. The smallest absolute Gasteiger partial charge is 0.137 e. The van der Waals surface area contributed by atoms with Crippen molar-refractivity contribution in [3.8, 4) is 11.1 Å². The molecule has 6 heteroatoms. The molecule has 5 rings (SSSR count). The molecule has 1 saturated heterocycles. The minimum atomic E-state index is 0.459. The van der Waals surface area contributed by atoms with Crippen molar-refractivity contribution < 1.29 is 0 Å². The SMILES string of the molecule is CN1CCC(Nc2ncnc3ccc(-c4c[nH]c5ncccc45)cc23)CC1. The van der Waals surface area contributed by atoms with Gasteiger partial charge in [-0.2, -0.15) is 0 Å². The molecule has 1 aromatic carbocycles. The van der Waals surface area contributed by atoms with E-state index in [1.165, 1.54) is 0 Å². The highest BCUT2D eigenvalue weighted by Crippen LogP contribution is 2.31. The third kappa shape index (κ3) is 3.02. The second-order valence-corrected chi connectivity index (χ2v) is 7.28. The summed E-state index contributed by atoms with van der Waals surface area (Å²) in [5, 5.41) is 5.84. The fraction of sp³-hybridized carbons (Fsp3) is 0.286. The van der Waals surface area contributed by atoms with E-state index in [2.05, 4.69) is 61.5 Å². The van der Waals surface area contributed by atoms with Gasteiger partial charge in [0.15, 0.2) is 0 Å². The third-order valence-electron chi connectivity index (χ3n) is 5.46. The number of nitrogens with zero attached hydrogens (tertiary/aromatic N) is 4. The Bertz CT molecular complexity index is 1090. The van der Waals surface area contributed by atoms with Crippen LogP contribution in [-0.2, 0) is 0 Å². The van der Waals surface area contributed by atoms with E-state index >= 15 is 0 Å². The molecule has 6 nitrogen and oxygen atoms in total.